The highest BCUT2D eigenvalue weighted by molar-refractivity contribution is 8.01. The van der Waals surface area contributed by atoms with E-state index in [9.17, 15) is 22.8 Å². The van der Waals surface area contributed by atoms with Crippen LogP contribution in [0.25, 0.3) is 0 Å². The molecule has 0 saturated carbocycles. The largest absolute Gasteiger partial charge is 0.337 e. The molecule has 29 heavy (non-hydrogen) atoms. The standard InChI is InChI=1S/C21H21F3N2O2S/c1-3-25(20(28)14-5-4-6-15(22)11-14)9-10-26-19(27)13(2)29-21(26)17-8-7-16(23)12-18(17)24/h4-8,11-13,21H,3,9-10H2,1-2H3. The molecule has 2 atom stereocenters. The van der Waals surface area contributed by atoms with Gasteiger partial charge in [-0.3, -0.25) is 9.59 Å². The van der Waals surface area contributed by atoms with Crippen molar-refractivity contribution in [3.05, 3.63) is 71.0 Å². The summed E-state index contributed by atoms with van der Waals surface area (Å²) in [4.78, 5) is 28.3. The Balaban J connectivity index is 1.77. The van der Waals surface area contributed by atoms with Crippen LogP contribution in [0.3, 0.4) is 0 Å². The third-order valence-electron chi connectivity index (χ3n) is 4.83. The summed E-state index contributed by atoms with van der Waals surface area (Å²) in [6.45, 7) is 4.29. The first-order valence-electron chi connectivity index (χ1n) is 9.27. The lowest BCUT2D eigenvalue weighted by Crippen LogP contribution is -2.40. The maximum atomic E-state index is 14.3. The molecule has 0 aromatic heterocycles. The van der Waals surface area contributed by atoms with E-state index < -0.39 is 22.8 Å². The van der Waals surface area contributed by atoms with E-state index in [0.717, 1.165) is 12.1 Å². The van der Waals surface area contributed by atoms with Gasteiger partial charge in [0.25, 0.3) is 5.91 Å². The molecular weight excluding hydrogens is 401 g/mol. The summed E-state index contributed by atoms with van der Waals surface area (Å²) in [5, 5.41) is -0.973. The lowest BCUT2D eigenvalue weighted by atomic mass is 10.1. The second-order valence-corrected chi connectivity index (χ2v) is 8.15. The third kappa shape index (κ3) is 4.58. The first kappa shape index (κ1) is 21.2. The molecule has 4 nitrogen and oxygen atoms in total. The molecule has 0 radical (unpaired) electrons. The zero-order valence-corrected chi connectivity index (χ0v) is 16.9. The van der Waals surface area contributed by atoms with Gasteiger partial charge in [-0.25, -0.2) is 13.2 Å². The Morgan fingerprint density at radius 1 is 1.14 bits per heavy atom. The van der Waals surface area contributed by atoms with E-state index >= 15 is 0 Å². The molecule has 1 saturated heterocycles. The number of carbonyl (C=O) groups is 2. The van der Waals surface area contributed by atoms with E-state index in [4.69, 9.17) is 0 Å². The number of carbonyl (C=O) groups excluding carboxylic acids is 2. The minimum absolute atomic E-state index is 0.169. The summed E-state index contributed by atoms with van der Waals surface area (Å²) in [5.74, 6) is -2.41. The number of amides is 2. The van der Waals surface area contributed by atoms with Crippen LogP contribution in [0, 0.1) is 17.5 Å². The summed E-state index contributed by atoms with van der Waals surface area (Å²) in [5.41, 5.74) is 0.456. The first-order chi connectivity index (χ1) is 13.8. The van der Waals surface area contributed by atoms with Gasteiger partial charge in [0.15, 0.2) is 0 Å². The lowest BCUT2D eigenvalue weighted by molar-refractivity contribution is -0.130. The molecule has 0 N–H and O–H groups in total. The van der Waals surface area contributed by atoms with E-state index in [1.54, 1.807) is 13.8 Å². The Labute approximate surface area is 171 Å². The summed E-state index contributed by atoms with van der Waals surface area (Å²) >= 11 is 1.28. The van der Waals surface area contributed by atoms with Crippen LogP contribution in [0.5, 0.6) is 0 Å². The molecule has 2 aromatic rings. The SMILES string of the molecule is CCN(CCN1C(=O)C(C)SC1c1ccc(F)cc1F)C(=O)c1cccc(F)c1. The fourth-order valence-electron chi connectivity index (χ4n) is 3.28. The van der Waals surface area contributed by atoms with Crippen molar-refractivity contribution in [1.82, 2.24) is 9.80 Å². The van der Waals surface area contributed by atoms with E-state index in [0.29, 0.717) is 6.54 Å². The molecule has 1 aliphatic rings. The molecule has 1 aliphatic heterocycles. The van der Waals surface area contributed by atoms with E-state index in [-0.39, 0.29) is 41.3 Å². The number of halogens is 3. The van der Waals surface area contributed by atoms with Gasteiger partial charge in [0, 0.05) is 36.8 Å². The van der Waals surface area contributed by atoms with Crippen LogP contribution in [0.2, 0.25) is 0 Å². The third-order valence-corrected chi connectivity index (χ3v) is 6.20. The van der Waals surface area contributed by atoms with Gasteiger partial charge < -0.3 is 9.80 Å². The fraction of sp³-hybridized carbons (Fsp3) is 0.333. The number of likely N-dealkylation sites (N-methyl/N-ethyl adjacent to an activating group) is 1. The van der Waals surface area contributed by atoms with E-state index in [1.807, 2.05) is 0 Å². The van der Waals surface area contributed by atoms with Gasteiger partial charge in [-0.15, -0.1) is 11.8 Å². The van der Waals surface area contributed by atoms with Crippen molar-refractivity contribution in [3.8, 4) is 0 Å². The maximum Gasteiger partial charge on any atom is 0.254 e. The highest BCUT2D eigenvalue weighted by Gasteiger charge is 2.39. The van der Waals surface area contributed by atoms with Gasteiger partial charge in [-0.1, -0.05) is 12.1 Å². The average Bonchev–Trinajstić information content (AvgIpc) is 2.96. The lowest BCUT2D eigenvalue weighted by Gasteiger charge is -2.28. The smallest absolute Gasteiger partial charge is 0.254 e. The van der Waals surface area contributed by atoms with Crippen LogP contribution >= 0.6 is 11.8 Å². The zero-order chi connectivity index (χ0) is 21.1. The molecule has 1 fully saturated rings. The summed E-state index contributed by atoms with van der Waals surface area (Å²) in [7, 11) is 0. The van der Waals surface area contributed by atoms with Gasteiger partial charge in [-0.05, 0) is 38.1 Å². The van der Waals surface area contributed by atoms with Crippen molar-refractivity contribution in [2.45, 2.75) is 24.5 Å². The van der Waals surface area contributed by atoms with Gasteiger partial charge >= 0.3 is 0 Å². The zero-order valence-electron chi connectivity index (χ0n) is 16.1. The van der Waals surface area contributed by atoms with Crippen molar-refractivity contribution in [1.29, 1.82) is 0 Å². The van der Waals surface area contributed by atoms with E-state index in [2.05, 4.69) is 0 Å². The number of rotatable bonds is 6. The van der Waals surface area contributed by atoms with Crippen LogP contribution < -0.4 is 0 Å². The Kier molecular flexibility index (Phi) is 6.52. The second-order valence-electron chi connectivity index (χ2n) is 6.72. The Bertz CT molecular complexity index is 925. The molecule has 0 spiro atoms. The molecule has 2 amide bonds. The molecular formula is C21H21F3N2O2S. The topological polar surface area (TPSA) is 40.6 Å². The van der Waals surface area contributed by atoms with Crippen LogP contribution in [0.1, 0.15) is 35.1 Å². The highest BCUT2D eigenvalue weighted by atomic mass is 32.2. The number of hydrogen-bond acceptors (Lipinski definition) is 3. The number of thioether (sulfide) groups is 1. The van der Waals surface area contributed by atoms with Gasteiger partial charge in [0.2, 0.25) is 5.91 Å². The van der Waals surface area contributed by atoms with Crippen LogP contribution in [0.15, 0.2) is 42.5 Å². The normalized spacial score (nSPS) is 18.9. The Hall–Kier alpha value is -2.48. The van der Waals surface area contributed by atoms with Crippen molar-refractivity contribution >= 4 is 23.6 Å². The van der Waals surface area contributed by atoms with Crippen LogP contribution in [-0.4, -0.2) is 46.5 Å². The summed E-state index contributed by atoms with van der Waals surface area (Å²) < 4.78 is 41.0. The van der Waals surface area contributed by atoms with Crippen LogP contribution in [0.4, 0.5) is 13.2 Å². The minimum atomic E-state index is -0.711. The average molecular weight is 422 g/mol. The van der Waals surface area contributed by atoms with Crippen molar-refractivity contribution in [3.63, 3.8) is 0 Å². The molecule has 2 aromatic carbocycles. The van der Waals surface area contributed by atoms with Gasteiger partial charge in [0.05, 0.1) is 5.25 Å². The Morgan fingerprint density at radius 3 is 2.52 bits per heavy atom. The second kappa shape index (κ2) is 8.90. The van der Waals surface area contributed by atoms with Crippen molar-refractivity contribution in [2.75, 3.05) is 19.6 Å². The maximum absolute atomic E-state index is 14.3. The van der Waals surface area contributed by atoms with Crippen molar-refractivity contribution < 1.29 is 22.8 Å². The van der Waals surface area contributed by atoms with E-state index in [1.165, 1.54) is 51.9 Å². The van der Waals surface area contributed by atoms with Gasteiger partial charge in [0.1, 0.15) is 22.8 Å². The molecule has 0 bridgehead atoms. The fourth-order valence-corrected chi connectivity index (χ4v) is 4.61. The monoisotopic (exact) mass is 422 g/mol. The number of hydrogen-bond donors (Lipinski definition) is 0. The van der Waals surface area contributed by atoms with Gasteiger partial charge in [-0.2, -0.15) is 0 Å². The Morgan fingerprint density at radius 2 is 1.86 bits per heavy atom. The van der Waals surface area contributed by atoms with Crippen LogP contribution in [-0.2, 0) is 4.79 Å². The minimum Gasteiger partial charge on any atom is -0.337 e. The molecule has 3 rings (SSSR count). The molecule has 2 unspecified atom stereocenters. The highest BCUT2D eigenvalue weighted by Crippen LogP contribution is 2.43. The predicted molar refractivity (Wildman–Crippen MR) is 106 cm³/mol. The summed E-state index contributed by atoms with van der Waals surface area (Å²) in [6, 6.07) is 8.73. The molecule has 0 aliphatic carbocycles. The molecule has 1 heterocycles. The quantitative estimate of drug-likeness (QED) is 0.700. The predicted octanol–water partition coefficient (Wildman–Crippen LogP) is 4.23. The molecule has 154 valence electrons. The first-order valence-corrected chi connectivity index (χ1v) is 10.2. The number of benzene rings is 2. The van der Waals surface area contributed by atoms with Crippen molar-refractivity contribution in [2.24, 2.45) is 0 Å². The molecule has 8 heteroatoms. The number of nitrogens with zero attached hydrogens (tertiary/aromatic N) is 2. The summed E-state index contributed by atoms with van der Waals surface area (Å²) in [6.07, 6.45) is 0.